The van der Waals surface area contributed by atoms with Gasteiger partial charge in [-0.25, -0.2) is 18.5 Å². The summed E-state index contributed by atoms with van der Waals surface area (Å²) in [5, 5.41) is 11.3. The average Bonchev–Trinajstić information content (AvgIpc) is 2.95. The monoisotopic (exact) mass is 281 g/mol. The van der Waals surface area contributed by atoms with E-state index in [4.69, 9.17) is 5.14 Å². The van der Waals surface area contributed by atoms with Crippen molar-refractivity contribution in [1.82, 2.24) is 10.3 Å². The van der Waals surface area contributed by atoms with Crippen molar-refractivity contribution in [3.63, 3.8) is 0 Å². The fraction of sp³-hybridized carbons (Fsp3) is 0.182. The molecule has 18 heavy (non-hydrogen) atoms. The van der Waals surface area contributed by atoms with Gasteiger partial charge in [-0.3, -0.25) is 0 Å². The summed E-state index contributed by atoms with van der Waals surface area (Å²) >= 11 is 1.58. The van der Waals surface area contributed by atoms with E-state index in [1.54, 1.807) is 35.7 Å². The van der Waals surface area contributed by atoms with E-state index in [1.165, 1.54) is 0 Å². The highest BCUT2D eigenvalue weighted by Gasteiger charge is 2.26. The van der Waals surface area contributed by atoms with Gasteiger partial charge in [0.1, 0.15) is 5.01 Å². The number of sulfonamides is 1. The highest BCUT2D eigenvalue weighted by Crippen LogP contribution is 2.32. The van der Waals surface area contributed by atoms with Gasteiger partial charge in [0.25, 0.3) is 0 Å². The van der Waals surface area contributed by atoms with Crippen LogP contribution in [-0.2, 0) is 16.6 Å². The molecule has 1 atom stereocenters. The zero-order valence-corrected chi connectivity index (χ0v) is 11.0. The quantitative estimate of drug-likeness (QED) is 0.859. The highest BCUT2D eigenvalue weighted by molar-refractivity contribution is 7.89. The van der Waals surface area contributed by atoms with Crippen molar-refractivity contribution < 1.29 is 8.42 Å². The summed E-state index contributed by atoms with van der Waals surface area (Å²) in [6.07, 6.45) is 1.76. The van der Waals surface area contributed by atoms with Crippen LogP contribution in [-0.4, -0.2) is 13.4 Å². The average molecular weight is 281 g/mol. The number of nitrogens with two attached hydrogens (primary N) is 1. The third kappa shape index (κ3) is 1.95. The Morgan fingerprint density at radius 3 is 2.94 bits per heavy atom. The van der Waals surface area contributed by atoms with E-state index in [0.717, 1.165) is 16.1 Å². The van der Waals surface area contributed by atoms with Gasteiger partial charge >= 0.3 is 0 Å². The standard InChI is InChI=1S/C11H11N3O2S2/c12-18(15,16)8-1-2-9-7(5-8)6-14-10(9)11-13-3-4-17-11/h1-5,10,14H,6H2,(H2,12,15,16). The Bertz CT molecular complexity index is 680. The summed E-state index contributed by atoms with van der Waals surface area (Å²) in [5.74, 6) is 0. The van der Waals surface area contributed by atoms with E-state index in [-0.39, 0.29) is 10.9 Å². The molecule has 0 saturated carbocycles. The van der Waals surface area contributed by atoms with Crippen molar-refractivity contribution in [3.8, 4) is 0 Å². The van der Waals surface area contributed by atoms with Crippen LogP contribution in [0.3, 0.4) is 0 Å². The van der Waals surface area contributed by atoms with Crippen LogP contribution < -0.4 is 10.5 Å². The second-order valence-corrected chi connectivity index (χ2v) is 6.58. The van der Waals surface area contributed by atoms with Crippen LogP contribution in [0.1, 0.15) is 22.2 Å². The summed E-state index contributed by atoms with van der Waals surface area (Å²) in [4.78, 5) is 4.44. The molecule has 2 aromatic rings. The summed E-state index contributed by atoms with van der Waals surface area (Å²) in [5.41, 5.74) is 2.03. The third-order valence-electron chi connectivity index (χ3n) is 2.95. The molecule has 2 heterocycles. The van der Waals surface area contributed by atoms with Crippen molar-refractivity contribution in [2.75, 3.05) is 0 Å². The van der Waals surface area contributed by atoms with Crippen LogP contribution >= 0.6 is 11.3 Å². The number of hydrogen-bond acceptors (Lipinski definition) is 5. The molecule has 0 aliphatic carbocycles. The molecule has 7 heteroatoms. The lowest BCUT2D eigenvalue weighted by molar-refractivity contribution is 0.597. The molecule has 0 saturated heterocycles. The Hall–Kier alpha value is -1.28. The summed E-state index contributed by atoms with van der Waals surface area (Å²) in [6.45, 7) is 0.628. The van der Waals surface area contributed by atoms with Crippen molar-refractivity contribution in [2.24, 2.45) is 5.14 Å². The molecule has 0 radical (unpaired) electrons. The molecule has 94 valence electrons. The molecule has 1 aromatic carbocycles. The molecule has 0 amide bonds. The molecule has 0 bridgehead atoms. The van der Waals surface area contributed by atoms with Gasteiger partial charge in [0.2, 0.25) is 10.0 Å². The number of hydrogen-bond donors (Lipinski definition) is 2. The van der Waals surface area contributed by atoms with Crippen molar-refractivity contribution in [1.29, 1.82) is 0 Å². The second kappa shape index (κ2) is 4.13. The van der Waals surface area contributed by atoms with Gasteiger partial charge in [-0.1, -0.05) is 6.07 Å². The van der Waals surface area contributed by atoms with Crippen LogP contribution in [0, 0.1) is 0 Å². The second-order valence-electron chi connectivity index (χ2n) is 4.09. The maximum absolute atomic E-state index is 11.3. The molecule has 0 spiro atoms. The summed E-state index contributed by atoms with van der Waals surface area (Å²) < 4.78 is 22.6. The Morgan fingerprint density at radius 1 is 1.44 bits per heavy atom. The van der Waals surface area contributed by atoms with Crippen LogP contribution in [0.5, 0.6) is 0 Å². The molecule has 3 rings (SSSR count). The van der Waals surface area contributed by atoms with E-state index in [0.29, 0.717) is 6.54 Å². The zero-order chi connectivity index (χ0) is 12.8. The molecular formula is C11H11N3O2S2. The number of nitrogens with one attached hydrogen (secondary N) is 1. The largest absolute Gasteiger partial charge is 0.300 e. The van der Waals surface area contributed by atoms with Crippen LogP contribution in [0.25, 0.3) is 0 Å². The number of nitrogens with zero attached hydrogens (tertiary/aromatic N) is 1. The fourth-order valence-corrected chi connectivity index (χ4v) is 3.41. The maximum Gasteiger partial charge on any atom is 0.238 e. The number of fused-ring (bicyclic) bond motifs is 1. The highest BCUT2D eigenvalue weighted by atomic mass is 32.2. The number of rotatable bonds is 2. The van der Waals surface area contributed by atoms with Gasteiger partial charge < -0.3 is 5.32 Å². The first-order valence-corrected chi connectivity index (χ1v) is 7.77. The summed E-state index contributed by atoms with van der Waals surface area (Å²) in [7, 11) is -3.64. The van der Waals surface area contributed by atoms with Gasteiger partial charge in [-0.15, -0.1) is 11.3 Å². The molecular weight excluding hydrogens is 270 g/mol. The van der Waals surface area contributed by atoms with E-state index in [1.807, 2.05) is 5.38 Å². The van der Waals surface area contributed by atoms with Crippen molar-refractivity contribution >= 4 is 21.4 Å². The number of benzene rings is 1. The van der Waals surface area contributed by atoms with E-state index in [2.05, 4.69) is 10.3 Å². The lowest BCUT2D eigenvalue weighted by Crippen LogP contribution is -2.13. The third-order valence-corrected chi connectivity index (χ3v) is 4.70. The smallest absolute Gasteiger partial charge is 0.238 e. The van der Waals surface area contributed by atoms with E-state index < -0.39 is 10.0 Å². The Labute approximate surface area is 109 Å². The molecule has 1 aliphatic heterocycles. The van der Waals surface area contributed by atoms with E-state index in [9.17, 15) is 8.42 Å². The Kier molecular flexibility index (Phi) is 2.70. The lowest BCUT2D eigenvalue weighted by Gasteiger charge is -2.08. The number of aromatic nitrogens is 1. The topological polar surface area (TPSA) is 85.1 Å². The molecule has 5 nitrogen and oxygen atoms in total. The predicted molar refractivity (Wildman–Crippen MR) is 68.6 cm³/mol. The van der Waals surface area contributed by atoms with Crippen LogP contribution in [0.15, 0.2) is 34.7 Å². The Morgan fingerprint density at radius 2 is 2.28 bits per heavy atom. The van der Waals surface area contributed by atoms with Gasteiger partial charge in [0, 0.05) is 18.1 Å². The molecule has 0 fully saturated rings. The number of thiazole rings is 1. The first kappa shape index (κ1) is 11.8. The first-order chi connectivity index (χ1) is 8.55. The molecule has 1 unspecified atom stereocenters. The van der Waals surface area contributed by atoms with E-state index >= 15 is 0 Å². The van der Waals surface area contributed by atoms with Gasteiger partial charge in [-0.2, -0.15) is 0 Å². The number of primary sulfonamides is 1. The van der Waals surface area contributed by atoms with Gasteiger partial charge in [0.15, 0.2) is 0 Å². The van der Waals surface area contributed by atoms with Crippen LogP contribution in [0.4, 0.5) is 0 Å². The predicted octanol–water partition coefficient (Wildman–Crippen LogP) is 0.983. The molecule has 1 aromatic heterocycles. The fourth-order valence-electron chi connectivity index (χ4n) is 2.11. The maximum atomic E-state index is 11.3. The van der Waals surface area contributed by atoms with Crippen LogP contribution in [0.2, 0.25) is 0 Å². The molecule has 1 aliphatic rings. The van der Waals surface area contributed by atoms with Gasteiger partial charge in [0.05, 0.1) is 10.9 Å². The minimum Gasteiger partial charge on any atom is -0.300 e. The van der Waals surface area contributed by atoms with Gasteiger partial charge in [-0.05, 0) is 23.3 Å². The zero-order valence-electron chi connectivity index (χ0n) is 9.33. The first-order valence-electron chi connectivity index (χ1n) is 5.34. The minimum absolute atomic E-state index is 0.0505. The van der Waals surface area contributed by atoms with Crippen molar-refractivity contribution in [3.05, 3.63) is 45.9 Å². The lowest BCUT2D eigenvalue weighted by atomic mass is 10.1. The molecule has 3 N–H and O–H groups in total. The van der Waals surface area contributed by atoms with Crippen molar-refractivity contribution in [2.45, 2.75) is 17.5 Å². The SMILES string of the molecule is NS(=O)(=O)c1ccc2c(c1)CNC2c1nccs1. The minimum atomic E-state index is -3.64. The summed E-state index contributed by atoms with van der Waals surface area (Å²) in [6, 6.07) is 5.03. The normalized spacial score (nSPS) is 18.8. The Balaban J connectivity index is 2.05.